The molecule has 0 bridgehead atoms. The Morgan fingerprint density at radius 2 is 1.96 bits per heavy atom. The molecule has 1 aromatic rings. The molecule has 1 aromatic carbocycles. The first-order valence-corrected chi connectivity index (χ1v) is 8.85. The molecule has 1 radical (unpaired) electrons. The number of piperidine rings is 1. The Labute approximate surface area is 154 Å². The highest BCUT2D eigenvalue weighted by molar-refractivity contribution is 5.74. The fourth-order valence-corrected chi connectivity index (χ4v) is 3.73. The molecule has 1 heterocycles. The third-order valence-electron chi connectivity index (χ3n) is 4.95. The number of rotatable bonds is 7. The average molecular weight is 363 g/mol. The number of nitro benzene ring substituents is 1. The van der Waals surface area contributed by atoms with Crippen molar-refractivity contribution in [1.82, 2.24) is 4.90 Å². The summed E-state index contributed by atoms with van der Waals surface area (Å²) in [5, 5.41) is 22.1. The monoisotopic (exact) mass is 363 g/mol. The zero-order chi connectivity index (χ0) is 19.3. The normalized spacial score (nSPS) is 18.5. The van der Waals surface area contributed by atoms with Crippen LogP contribution in [0.2, 0.25) is 0 Å². The summed E-state index contributed by atoms with van der Waals surface area (Å²) in [4.78, 5) is 25.5. The van der Waals surface area contributed by atoms with Gasteiger partial charge in [0.05, 0.1) is 29.6 Å². The van der Waals surface area contributed by atoms with E-state index < -0.39 is 22.9 Å². The Morgan fingerprint density at radius 3 is 2.50 bits per heavy atom. The summed E-state index contributed by atoms with van der Waals surface area (Å²) in [7, 11) is 1.28. The number of carbonyl (C=O) groups is 1. The van der Waals surface area contributed by atoms with Gasteiger partial charge < -0.3 is 14.7 Å². The molecule has 2 rings (SSSR count). The molecule has 26 heavy (non-hydrogen) atoms. The third-order valence-corrected chi connectivity index (χ3v) is 4.95. The van der Waals surface area contributed by atoms with Crippen LogP contribution in [-0.4, -0.2) is 47.6 Å². The van der Waals surface area contributed by atoms with E-state index in [2.05, 4.69) is 18.7 Å². The SMILES string of the molecule is COC(=O)C(C1CCN(C[C](C)C)CC1)C(O)c1ccccc1[N+](=O)[O-]. The largest absolute Gasteiger partial charge is 0.469 e. The van der Waals surface area contributed by atoms with E-state index in [0.717, 1.165) is 32.5 Å². The van der Waals surface area contributed by atoms with Crippen LogP contribution in [-0.2, 0) is 9.53 Å². The number of benzene rings is 1. The van der Waals surface area contributed by atoms with Crippen LogP contribution in [0.4, 0.5) is 5.69 Å². The van der Waals surface area contributed by atoms with Gasteiger partial charge in [-0.3, -0.25) is 14.9 Å². The van der Waals surface area contributed by atoms with Crippen LogP contribution in [0, 0.1) is 27.9 Å². The molecule has 7 nitrogen and oxygen atoms in total. The number of hydrogen-bond donors (Lipinski definition) is 1. The lowest BCUT2D eigenvalue weighted by Crippen LogP contribution is -2.41. The van der Waals surface area contributed by atoms with Crippen molar-refractivity contribution in [1.29, 1.82) is 0 Å². The molecule has 0 spiro atoms. The van der Waals surface area contributed by atoms with Crippen molar-refractivity contribution in [3.8, 4) is 0 Å². The summed E-state index contributed by atoms with van der Waals surface area (Å²) in [6.07, 6.45) is 0.218. The third kappa shape index (κ3) is 4.80. The number of hydrogen-bond acceptors (Lipinski definition) is 6. The molecule has 0 aliphatic carbocycles. The van der Waals surface area contributed by atoms with E-state index >= 15 is 0 Å². The summed E-state index contributed by atoms with van der Waals surface area (Å²) in [5.74, 6) is -0.0825. The van der Waals surface area contributed by atoms with Crippen molar-refractivity contribution in [3.05, 3.63) is 45.9 Å². The van der Waals surface area contributed by atoms with E-state index in [1.54, 1.807) is 12.1 Å². The van der Waals surface area contributed by atoms with Crippen molar-refractivity contribution < 1.29 is 19.6 Å². The highest BCUT2D eigenvalue weighted by atomic mass is 16.6. The van der Waals surface area contributed by atoms with Crippen LogP contribution in [0.25, 0.3) is 0 Å². The number of methoxy groups -OCH3 is 1. The topological polar surface area (TPSA) is 92.9 Å². The fraction of sp³-hybridized carbons (Fsp3) is 0.579. The second kappa shape index (κ2) is 9.09. The molecule has 1 saturated heterocycles. The van der Waals surface area contributed by atoms with Gasteiger partial charge in [0.2, 0.25) is 0 Å². The van der Waals surface area contributed by atoms with Crippen LogP contribution >= 0.6 is 0 Å². The van der Waals surface area contributed by atoms with Crippen LogP contribution in [0.1, 0.15) is 38.4 Å². The molecule has 143 valence electrons. The first-order valence-electron chi connectivity index (χ1n) is 8.85. The summed E-state index contributed by atoms with van der Waals surface area (Å²) in [6.45, 7) is 6.74. The molecule has 1 aliphatic rings. The Balaban J connectivity index is 2.21. The second-order valence-corrected chi connectivity index (χ2v) is 7.13. The number of aliphatic hydroxyl groups excluding tert-OH is 1. The van der Waals surface area contributed by atoms with E-state index in [1.807, 2.05) is 0 Å². The standard InChI is InChI=1S/C19H27N2O5/c1-13(2)12-20-10-8-14(9-11-20)17(19(23)26-3)18(22)15-6-4-5-7-16(15)21(24)25/h4-7,14,17-18,22H,8-12H2,1-3H3. The van der Waals surface area contributed by atoms with Gasteiger partial charge in [-0.25, -0.2) is 0 Å². The van der Waals surface area contributed by atoms with Crippen LogP contribution in [0.5, 0.6) is 0 Å². The van der Waals surface area contributed by atoms with Crippen molar-refractivity contribution in [2.24, 2.45) is 11.8 Å². The van der Waals surface area contributed by atoms with Gasteiger partial charge in [-0.2, -0.15) is 0 Å². The quantitative estimate of drug-likeness (QED) is 0.455. The van der Waals surface area contributed by atoms with Gasteiger partial charge in [0.25, 0.3) is 5.69 Å². The number of carbonyl (C=O) groups excluding carboxylic acids is 1. The second-order valence-electron chi connectivity index (χ2n) is 7.13. The summed E-state index contributed by atoms with van der Waals surface area (Å²) < 4.78 is 4.91. The smallest absolute Gasteiger partial charge is 0.311 e. The van der Waals surface area contributed by atoms with Crippen molar-refractivity contribution in [2.75, 3.05) is 26.7 Å². The van der Waals surface area contributed by atoms with E-state index in [-0.39, 0.29) is 17.2 Å². The Kier molecular flexibility index (Phi) is 7.11. The molecular formula is C19H27N2O5. The average Bonchev–Trinajstić information content (AvgIpc) is 2.62. The van der Waals surface area contributed by atoms with E-state index in [4.69, 9.17) is 4.74 Å². The molecule has 0 amide bonds. The van der Waals surface area contributed by atoms with Gasteiger partial charge >= 0.3 is 5.97 Å². The van der Waals surface area contributed by atoms with Crippen LogP contribution in [0.15, 0.2) is 24.3 Å². The molecule has 1 N–H and O–H groups in total. The van der Waals surface area contributed by atoms with Crippen molar-refractivity contribution in [3.63, 3.8) is 0 Å². The number of aliphatic hydroxyl groups is 1. The van der Waals surface area contributed by atoms with Crippen LogP contribution in [0.3, 0.4) is 0 Å². The number of esters is 1. The maximum absolute atomic E-state index is 12.4. The zero-order valence-electron chi connectivity index (χ0n) is 15.6. The number of nitro groups is 1. The van der Waals surface area contributed by atoms with Gasteiger partial charge in [0.15, 0.2) is 0 Å². The molecule has 0 saturated carbocycles. The molecule has 7 heteroatoms. The van der Waals surface area contributed by atoms with E-state index in [1.165, 1.54) is 25.2 Å². The molecule has 1 aliphatic heterocycles. The minimum atomic E-state index is -1.26. The lowest BCUT2D eigenvalue weighted by molar-refractivity contribution is -0.386. The Bertz CT molecular complexity index is 626. The van der Waals surface area contributed by atoms with Gasteiger partial charge in [0.1, 0.15) is 0 Å². The van der Waals surface area contributed by atoms with Gasteiger partial charge in [-0.05, 0) is 43.8 Å². The number of ether oxygens (including phenoxy) is 1. The molecule has 2 unspecified atom stereocenters. The first-order chi connectivity index (χ1) is 12.3. The maximum Gasteiger partial charge on any atom is 0.311 e. The molecule has 0 aromatic heterocycles. The summed E-state index contributed by atoms with van der Waals surface area (Å²) in [6, 6.07) is 6.02. The van der Waals surface area contributed by atoms with E-state index in [9.17, 15) is 20.0 Å². The van der Waals surface area contributed by atoms with E-state index in [0.29, 0.717) is 0 Å². The lowest BCUT2D eigenvalue weighted by atomic mass is 9.78. The molecule has 1 fully saturated rings. The fourth-order valence-electron chi connectivity index (χ4n) is 3.73. The highest BCUT2D eigenvalue weighted by Gasteiger charge is 2.40. The minimum Gasteiger partial charge on any atom is -0.469 e. The summed E-state index contributed by atoms with van der Waals surface area (Å²) >= 11 is 0. The summed E-state index contributed by atoms with van der Waals surface area (Å²) in [5.41, 5.74) is -0.0180. The van der Waals surface area contributed by atoms with Gasteiger partial charge in [0, 0.05) is 12.6 Å². The number of para-hydroxylation sites is 1. The van der Waals surface area contributed by atoms with Gasteiger partial charge in [-0.1, -0.05) is 26.0 Å². The predicted molar refractivity (Wildman–Crippen MR) is 97.3 cm³/mol. The number of nitrogens with zero attached hydrogens (tertiary/aromatic N) is 2. The number of likely N-dealkylation sites (tertiary alicyclic amines) is 1. The van der Waals surface area contributed by atoms with Gasteiger partial charge in [-0.15, -0.1) is 0 Å². The lowest BCUT2D eigenvalue weighted by Gasteiger charge is -2.37. The van der Waals surface area contributed by atoms with Crippen molar-refractivity contribution in [2.45, 2.75) is 32.8 Å². The zero-order valence-corrected chi connectivity index (χ0v) is 15.6. The van der Waals surface area contributed by atoms with Crippen LogP contribution < -0.4 is 0 Å². The van der Waals surface area contributed by atoms with Crippen molar-refractivity contribution >= 4 is 11.7 Å². The molecule has 2 atom stereocenters. The Hall–Kier alpha value is -1.99. The highest BCUT2D eigenvalue weighted by Crippen LogP contribution is 2.38. The maximum atomic E-state index is 12.4. The predicted octanol–water partition coefficient (Wildman–Crippen LogP) is 2.74. The minimum absolute atomic E-state index is 0.0781. The molecular weight excluding hydrogens is 336 g/mol. The Morgan fingerprint density at radius 1 is 1.35 bits per heavy atom. The first kappa shape index (κ1) is 20.3.